The lowest BCUT2D eigenvalue weighted by atomic mass is 10.00. The maximum Gasteiger partial charge on any atom is 0.0449 e. The van der Waals surface area contributed by atoms with E-state index in [9.17, 15) is 0 Å². The first-order chi connectivity index (χ1) is 8.70. The summed E-state index contributed by atoms with van der Waals surface area (Å²) in [5, 5.41) is 9.60. The van der Waals surface area contributed by atoms with Gasteiger partial charge in [-0.05, 0) is 35.2 Å². The van der Waals surface area contributed by atoms with Gasteiger partial charge in [0.1, 0.15) is 0 Å². The lowest BCUT2D eigenvalue weighted by Gasteiger charge is -2.11. The number of aliphatic hydroxyl groups is 1. The van der Waals surface area contributed by atoms with Crippen LogP contribution in [0.15, 0.2) is 48.5 Å². The van der Waals surface area contributed by atoms with Crippen molar-refractivity contribution < 1.29 is 5.11 Å². The van der Waals surface area contributed by atoms with Gasteiger partial charge >= 0.3 is 0 Å². The second-order valence-corrected chi connectivity index (χ2v) is 4.69. The van der Waals surface area contributed by atoms with E-state index >= 15 is 0 Å². The molecule has 0 aromatic heterocycles. The zero-order chi connectivity index (χ0) is 13.0. The van der Waals surface area contributed by atoms with E-state index in [2.05, 4.69) is 0 Å². The van der Waals surface area contributed by atoms with E-state index in [1.54, 1.807) is 0 Å². The minimum atomic E-state index is -0.108. The number of benzene rings is 2. The topological polar surface area (TPSA) is 46.2 Å². The van der Waals surface area contributed by atoms with Crippen molar-refractivity contribution in [2.24, 2.45) is 5.73 Å². The van der Waals surface area contributed by atoms with Crippen LogP contribution in [-0.4, -0.2) is 11.7 Å². The summed E-state index contributed by atoms with van der Waals surface area (Å²) in [6.07, 6.45) is 0.580. The minimum absolute atomic E-state index is 0. The summed E-state index contributed by atoms with van der Waals surface area (Å²) in [6, 6.07) is 15.7. The van der Waals surface area contributed by atoms with Crippen LogP contribution in [0.1, 0.15) is 18.0 Å². The second-order valence-electron chi connectivity index (χ2n) is 4.25. The average molecular weight is 298 g/mol. The zero-order valence-corrected chi connectivity index (χ0v) is 12.0. The predicted molar refractivity (Wildman–Crippen MR) is 82.8 cm³/mol. The molecular weight excluding hydrogens is 281 g/mol. The third kappa shape index (κ3) is 4.22. The summed E-state index contributed by atoms with van der Waals surface area (Å²) in [7, 11) is 0. The van der Waals surface area contributed by atoms with E-state index in [0.29, 0.717) is 6.42 Å². The Morgan fingerprint density at radius 1 is 1.05 bits per heavy atom. The number of rotatable bonds is 4. The summed E-state index contributed by atoms with van der Waals surface area (Å²) in [5.74, 6) is 0. The molecular formula is C15H17Cl2NO. The fraction of sp³-hybridized carbons (Fsp3) is 0.200. The molecule has 0 spiro atoms. The quantitative estimate of drug-likeness (QED) is 0.901. The molecule has 0 saturated carbocycles. The van der Waals surface area contributed by atoms with Crippen LogP contribution >= 0.6 is 24.0 Å². The first kappa shape index (κ1) is 16.0. The molecule has 2 aromatic carbocycles. The Labute approximate surface area is 124 Å². The Morgan fingerprint density at radius 2 is 1.74 bits per heavy atom. The van der Waals surface area contributed by atoms with Crippen LogP contribution in [0.25, 0.3) is 11.1 Å². The highest BCUT2D eigenvalue weighted by Crippen LogP contribution is 2.24. The molecule has 0 aliphatic carbocycles. The fourth-order valence-corrected chi connectivity index (χ4v) is 2.09. The molecule has 0 aliphatic heterocycles. The maximum atomic E-state index is 8.87. The van der Waals surface area contributed by atoms with E-state index in [0.717, 1.165) is 21.7 Å². The normalized spacial score (nSPS) is 11.7. The Morgan fingerprint density at radius 3 is 2.32 bits per heavy atom. The molecule has 102 valence electrons. The van der Waals surface area contributed by atoms with Gasteiger partial charge in [0, 0.05) is 17.7 Å². The van der Waals surface area contributed by atoms with E-state index in [1.165, 1.54) is 0 Å². The molecule has 0 radical (unpaired) electrons. The molecule has 0 heterocycles. The zero-order valence-electron chi connectivity index (χ0n) is 10.4. The van der Waals surface area contributed by atoms with E-state index in [-0.39, 0.29) is 25.1 Å². The van der Waals surface area contributed by atoms with Crippen LogP contribution in [0.3, 0.4) is 0 Å². The molecule has 0 saturated heterocycles. The SMILES string of the molecule is Cl.NC(CCO)c1ccc(-c2cccc(Cl)c2)cc1. The lowest BCUT2D eigenvalue weighted by Crippen LogP contribution is -2.11. The molecule has 19 heavy (non-hydrogen) atoms. The van der Waals surface area contributed by atoms with E-state index in [1.807, 2.05) is 48.5 Å². The first-order valence-electron chi connectivity index (χ1n) is 5.93. The van der Waals surface area contributed by atoms with Crippen LogP contribution in [0.4, 0.5) is 0 Å². The Balaban J connectivity index is 0.00000180. The number of hydrogen-bond donors (Lipinski definition) is 2. The van der Waals surface area contributed by atoms with Crippen molar-refractivity contribution in [3.63, 3.8) is 0 Å². The smallest absolute Gasteiger partial charge is 0.0449 e. The van der Waals surface area contributed by atoms with E-state index in [4.69, 9.17) is 22.4 Å². The molecule has 0 amide bonds. The van der Waals surface area contributed by atoms with Gasteiger partial charge in [0.05, 0.1) is 0 Å². The third-order valence-corrected chi connectivity index (χ3v) is 3.17. The minimum Gasteiger partial charge on any atom is -0.396 e. The van der Waals surface area contributed by atoms with Gasteiger partial charge in [-0.15, -0.1) is 12.4 Å². The van der Waals surface area contributed by atoms with Crippen LogP contribution < -0.4 is 5.73 Å². The van der Waals surface area contributed by atoms with Crippen molar-refractivity contribution in [1.82, 2.24) is 0 Å². The van der Waals surface area contributed by atoms with E-state index < -0.39 is 0 Å². The summed E-state index contributed by atoms with van der Waals surface area (Å²) in [5.41, 5.74) is 9.17. The van der Waals surface area contributed by atoms with Gasteiger partial charge < -0.3 is 10.8 Å². The molecule has 2 rings (SSSR count). The molecule has 3 N–H and O–H groups in total. The van der Waals surface area contributed by atoms with Gasteiger partial charge in [-0.2, -0.15) is 0 Å². The highest BCUT2D eigenvalue weighted by Gasteiger charge is 2.05. The largest absolute Gasteiger partial charge is 0.396 e. The summed E-state index contributed by atoms with van der Waals surface area (Å²) < 4.78 is 0. The van der Waals surface area contributed by atoms with Gasteiger partial charge in [-0.1, -0.05) is 48.0 Å². The standard InChI is InChI=1S/C15H16ClNO.ClH/c16-14-3-1-2-13(10-14)11-4-6-12(7-5-11)15(17)8-9-18;/h1-7,10,15,18H,8-9,17H2;1H. The predicted octanol–water partition coefficient (Wildman–Crippen LogP) is 3.81. The number of aliphatic hydroxyl groups excluding tert-OH is 1. The van der Waals surface area contributed by atoms with Gasteiger partial charge in [0.15, 0.2) is 0 Å². The maximum absolute atomic E-state index is 8.87. The summed E-state index contributed by atoms with van der Waals surface area (Å²) >= 11 is 5.97. The second kappa shape index (κ2) is 7.51. The molecule has 4 heteroatoms. The number of hydrogen-bond acceptors (Lipinski definition) is 2. The first-order valence-corrected chi connectivity index (χ1v) is 6.31. The molecule has 1 unspecified atom stereocenters. The number of nitrogens with two attached hydrogens (primary N) is 1. The van der Waals surface area contributed by atoms with Crippen molar-refractivity contribution in [3.05, 3.63) is 59.1 Å². The summed E-state index contributed by atoms with van der Waals surface area (Å²) in [6.45, 7) is 0.108. The molecule has 0 fully saturated rings. The third-order valence-electron chi connectivity index (χ3n) is 2.94. The Kier molecular flexibility index (Phi) is 6.32. The van der Waals surface area contributed by atoms with Gasteiger partial charge in [0.2, 0.25) is 0 Å². The van der Waals surface area contributed by atoms with Crippen molar-refractivity contribution in [3.8, 4) is 11.1 Å². The average Bonchev–Trinajstić information content (AvgIpc) is 2.39. The Hall–Kier alpha value is -1.06. The van der Waals surface area contributed by atoms with Crippen molar-refractivity contribution in [1.29, 1.82) is 0 Å². The number of halogens is 2. The molecule has 2 nitrogen and oxygen atoms in total. The summed E-state index contributed by atoms with van der Waals surface area (Å²) in [4.78, 5) is 0. The van der Waals surface area contributed by atoms with Gasteiger partial charge in [-0.25, -0.2) is 0 Å². The highest BCUT2D eigenvalue weighted by molar-refractivity contribution is 6.30. The monoisotopic (exact) mass is 297 g/mol. The van der Waals surface area contributed by atoms with Crippen molar-refractivity contribution in [2.75, 3.05) is 6.61 Å². The van der Waals surface area contributed by atoms with Crippen LogP contribution in [0.5, 0.6) is 0 Å². The Bertz CT molecular complexity index is 514. The highest BCUT2D eigenvalue weighted by atomic mass is 35.5. The van der Waals surface area contributed by atoms with Gasteiger partial charge in [0.25, 0.3) is 0 Å². The molecule has 2 aromatic rings. The van der Waals surface area contributed by atoms with Crippen LogP contribution in [-0.2, 0) is 0 Å². The molecule has 1 atom stereocenters. The van der Waals surface area contributed by atoms with Gasteiger partial charge in [-0.3, -0.25) is 0 Å². The van der Waals surface area contributed by atoms with Crippen LogP contribution in [0.2, 0.25) is 5.02 Å². The fourth-order valence-electron chi connectivity index (χ4n) is 1.90. The van der Waals surface area contributed by atoms with Crippen molar-refractivity contribution in [2.45, 2.75) is 12.5 Å². The van der Waals surface area contributed by atoms with Crippen LogP contribution in [0, 0.1) is 0 Å². The molecule has 0 aliphatic rings. The molecule has 0 bridgehead atoms. The lowest BCUT2D eigenvalue weighted by molar-refractivity contribution is 0.276. The van der Waals surface area contributed by atoms with Crippen molar-refractivity contribution >= 4 is 24.0 Å².